The van der Waals surface area contributed by atoms with E-state index >= 15 is 0 Å². The van der Waals surface area contributed by atoms with Crippen molar-refractivity contribution in [1.29, 1.82) is 0 Å². The Morgan fingerprint density at radius 3 is 1.84 bits per heavy atom. The van der Waals surface area contributed by atoms with Gasteiger partial charge in [0.05, 0.1) is 0 Å². The van der Waals surface area contributed by atoms with Crippen molar-refractivity contribution in [3.8, 4) is 0 Å². The van der Waals surface area contributed by atoms with Crippen LogP contribution in [-0.2, 0) is 0 Å². The molecule has 1 aromatic rings. The largest absolute Gasteiger partial charge is 0.264 e. The SMILES string of the molecule is CC1(C)C=CC=C(C(C2=CC=CC(C)(C)C=C2)c2cccnc2)C=C1. The third kappa shape index (κ3) is 4.36. The van der Waals surface area contributed by atoms with Gasteiger partial charge in [0.15, 0.2) is 0 Å². The van der Waals surface area contributed by atoms with Crippen molar-refractivity contribution < 1.29 is 0 Å². The van der Waals surface area contributed by atoms with E-state index in [1.165, 1.54) is 16.7 Å². The maximum absolute atomic E-state index is 4.36. The van der Waals surface area contributed by atoms with Crippen molar-refractivity contribution in [2.24, 2.45) is 10.8 Å². The van der Waals surface area contributed by atoms with Gasteiger partial charge in [-0.2, -0.15) is 0 Å². The zero-order valence-corrected chi connectivity index (χ0v) is 15.6. The van der Waals surface area contributed by atoms with Gasteiger partial charge in [0.1, 0.15) is 0 Å². The summed E-state index contributed by atoms with van der Waals surface area (Å²) in [6.45, 7) is 8.91. The molecule has 0 saturated carbocycles. The third-order valence-electron chi connectivity index (χ3n) is 4.72. The molecule has 1 aromatic heterocycles. The molecule has 0 N–H and O–H groups in total. The molecule has 2 aliphatic rings. The number of hydrogen-bond acceptors (Lipinski definition) is 1. The molecule has 0 spiro atoms. The van der Waals surface area contributed by atoms with Gasteiger partial charge in [-0.15, -0.1) is 0 Å². The van der Waals surface area contributed by atoms with Crippen LogP contribution in [0.5, 0.6) is 0 Å². The summed E-state index contributed by atoms with van der Waals surface area (Å²) in [4.78, 5) is 4.36. The molecule has 0 bridgehead atoms. The average molecular weight is 329 g/mol. The molecule has 0 radical (unpaired) electrons. The second-order valence-electron chi connectivity index (χ2n) is 8.08. The number of pyridine rings is 1. The Kier molecular flexibility index (Phi) is 4.76. The molecule has 2 aliphatic carbocycles. The normalized spacial score (nSPS) is 20.8. The van der Waals surface area contributed by atoms with Gasteiger partial charge in [0.25, 0.3) is 0 Å². The highest BCUT2D eigenvalue weighted by Gasteiger charge is 2.22. The summed E-state index contributed by atoms with van der Waals surface area (Å²) in [5, 5.41) is 0. The molecule has 0 aromatic carbocycles. The fourth-order valence-corrected chi connectivity index (χ4v) is 3.17. The summed E-state index contributed by atoms with van der Waals surface area (Å²) in [7, 11) is 0. The molecule has 3 rings (SSSR count). The number of hydrogen-bond donors (Lipinski definition) is 0. The fourth-order valence-electron chi connectivity index (χ4n) is 3.17. The number of aromatic nitrogens is 1. The third-order valence-corrected chi connectivity index (χ3v) is 4.72. The Bertz CT molecular complexity index is 746. The molecular formula is C24H27N. The minimum atomic E-state index is 0.0767. The van der Waals surface area contributed by atoms with Gasteiger partial charge < -0.3 is 0 Å². The van der Waals surface area contributed by atoms with Crippen LogP contribution >= 0.6 is 0 Å². The first-order chi connectivity index (χ1) is 11.9. The van der Waals surface area contributed by atoms with E-state index in [1.54, 1.807) is 0 Å². The Hall–Kier alpha value is -2.41. The van der Waals surface area contributed by atoms with Gasteiger partial charge in [-0.05, 0) is 22.8 Å². The zero-order chi connectivity index (χ0) is 17.9. The molecule has 1 heteroatoms. The summed E-state index contributed by atoms with van der Waals surface area (Å²) in [5.41, 5.74) is 3.95. The van der Waals surface area contributed by atoms with Gasteiger partial charge in [-0.3, -0.25) is 4.98 Å². The number of nitrogens with zero attached hydrogens (tertiary/aromatic N) is 1. The summed E-state index contributed by atoms with van der Waals surface area (Å²) < 4.78 is 0. The van der Waals surface area contributed by atoms with E-state index in [0.717, 1.165) is 0 Å². The second kappa shape index (κ2) is 6.84. The van der Waals surface area contributed by atoms with E-state index in [-0.39, 0.29) is 16.7 Å². The lowest BCUT2D eigenvalue weighted by Crippen LogP contribution is -2.06. The predicted octanol–water partition coefficient (Wildman–Crippen LogP) is 6.32. The molecule has 25 heavy (non-hydrogen) atoms. The van der Waals surface area contributed by atoms with Crippen molar-refractivity contribution in [2.45, 2.75) is 33.6 Å². The van der Waals surface area contributed by atoms with E-state index in [9.17, 15) is 0 Å². The quantitative estimate of drug-likeness (QED) is 0.632. The highest BCUT2D eigenvalue weighted by molar-refractivity contribution is 5.50. The van der Waals surface area contributed by atoms with Crippen LogP contribution in [0.25, 0.3) is 0 Å². The van der Waals surface area contributed by atoms with Gasteiger partial charge in [0, 0.05) is 29.1 Å². The Labute approximate surface area is 151 Å². The lowest BCUT2D eigenvalue weighted by atomic mass is 9.83. The minimum absolute atomic E-state index is 0.0767. The van der Waals surface area contributed by atoms with E-state index in [1.807, 2.05) is 18.5 Å². The van der Waals surface area contributed by atoms with E-state index in [2.05, 4.69) is 99.5 Å². The van der Waals surface area contributed by atoms with Crippen LogP contribution in [0.3, 0.4) is 0 Å². The molecule has 0 atom stereocenters. The van der Waals surface area contributed by atoms with Gasteiger partial charge in [0.2, 0.25) is 0 Å². The summed E-state index contributed by atoms with van der Waals surface area (Å²) in [6.07, 6.45) is 26.2. The number of allylic oxidation sites excluding steroid dienone is 12. The average Bonchev–Trinajstić information content (AvgIpc) is 2.85. The van der Waals surface area contributed by atoms with Crippen LogP contribution in [0.4, 0.5) is 0 Å². The molecular weight excluding hydrogens is 302 g/mol. The predicted molar refractivity (Wildman–Crippen MR) is 107 cm³/mol. The second-order valence-corrected chi connectivity index (χ2v) is 8.08. The van der Waals surface area contributed by atoms with Crippen molar-refractivity contribution >= 4 is 0 Å². The zero-order valence-electron chi connectivity index (χ0n) is 15.6. The van der Waals surface area contributed by atoms with Gasteiger partial charge in [-0.1, -0.05) is 94.5 Å². The molecule has 0 aliphatic heterocycles. The maximum atomic E-state index is 4.36. The highest BCUT2D eigenvalue weighted by Crippen LogP contribution is 2.37. The maximum Gasteiger partial charge on any atom is 0.0354 e. The van der Waals surface area contributed by atoms with E-state index in [0.29, 0.717) is 0 Å². The Balaban J connectivity index is 2.07. The van der Waals surface area contributed by atoms with Gasteiger partial charge in [-0.25, -0.2) is 0 Å². The fraction of sp³-hybridized carbons (Fsp3) is 0.292. The van der Waals surface area contributed by atoms with E-state index < -0.39 is 0 Å². The molecule has 0 unspecified atom stereocenters. The molecule has 0 amide bonds. The van der Waals surface area contributed by atoms with Crippen molar-refractivity contribution in [1.82, 2.24) is 4.98 Å². The van der Waals surface area contributed by atoms with Gasteiger partial charge >= 0.3 is 0 Å². The summed E-state index contributed by atoms with van der Waals surface area (Å²) >= 11 is 0. The van der Waals surface area contributed by atoms with Crippen LogP contribution in [0.1, 0.15) is 39.2 Å². The molecule has 0 saturated heterocycles. The van der Waals surface area contributed by atoms with Crippen LogP contribution < -0.4 is 0 Å². The number of rotatable bonds is 3. The van der Waals surface area contributed by atoms with Crippen LogP contribution in [0.2, 0.25) is 0 Å². The highest BCUT2D eigenvalue weighted by atomic mass is 14.6. The molecule has 1 nitrogen and oxygen atoms in total. The van der Waals surface area contributed by atoms with Crippen molar-refractivity contribution in [2.75, 3.05) is 0 Å². The molecule has 0 fully saturated rings. The topological polar surface area (TPSA) is 12.9 Å². The van der Waals surface area contributed by atoms with Crippen LogP contribution in [0, 0.1) is 10.8 Å². The summed E-state index contributed by atoms with van der Waals surface area (Å²) in [6, 6.07) is 4.18. The Morgan fingerprint density at radius 2 is 1.36 bits per heavy atom. The first-order valence-corrected chi connectivity index (χ1v) is 8.94. The van der Waals surface area contributed by atoms with Crippen LogP contribution in [-0.4, -0.2) is 4.98 Å². The van der Waals surface area contributed by atoms with Crippen molar-refractivity contribution in [3.05, 3.63) is 102 Å². The minimum Gasteiger partial charge on any atom is -0.264 e. The lowest BCUT2D eigenvalue weighted by Gasteiger charge is -2.21. The smallest absolute Gasteiger partial charge is 0.0354 e. The first kappa shape index (κ1) is 17.4. The Morgan fingerprint density at radius 1 is 0.800 bits per heavy atom. The summed E-state index contributed by atoms with van der Waals surface area (Å²) in [5.74, 6) is 0.179. The van der Waals surface area contributed by atoms with Crippen molar-refractivity contribution in [3.63, 3.8) is 0 Å². The van der Waals surface area contributed by atoms with E-state index in [4.69, 9.17) is 0 Å². The monoisotopic (exact) mass is 329 g/mol. The molecule has 128 valence electrons. The molecule has 1 heterocycles. The first-order valence-electron chi connectivity index (χ1n) is 8.94. The van der Waals surface area contributed by atoms with Crippen LogP contribution in [0.15, 0.2) is 96.4 Å². The standard InChI is InChI=1S/C24H27N/c1-23(2)13-5-8-19(11-15-23)22(21-10-7-17-25-18-21)20-9-6-14-24(3,4)16-12-20/h5-18,22H,1-4H3. The lowest BCUT2D eigenvalue weighted by molar-refractivity contribution is 0.626.